The van der Waals surface area contributed by atoms with E-state index >= 15 is 0 Å². The molecule has 0 unspecified atom stereocenters. The van der Waals surface area contributed by atoms with E-state index in [1.165, 1.54) is 37.7 Å². The van der Waals surface area contributed by atoms with Crippen LogP contribution < -0.4 is 5.32 Å². The maximum absolute atomic E-state index is 12.5. The Morgan fingerprint density at radius 3 is 2.56 bits per heavy atom. The number of hydrogen-bond acceptors (Lipinski definition) is 5. The highest BCUT2D eigenvalue weighted by atomic mass is 16.5. The lowest BCUT2D eigenvalue weighted by atomic mass is 9.93. The van der Waals surface area contributed by atoms with E-state index in [9.17, 15) is 4.79 Å². The molecule has 2 aliphatic rings. The van der Waals surface area contributed by atoms with Crippen molar-refractivity contribution >= 4 is 5.91 Å². The van der Waals surface area contributed by atoms with Gasteiger partial charge >= 0.3 is 0 Å². The molecule has 2 fully saturated rings. The van der Waals surface area contributed by atoms with Crippen molar-refractivity contribution in [3.63, 3.8) is 0 Å². The van der Waals surface area contributed by atoms with Crippen LogP contribution in [0.2, 0.25) is 0 Å². The third-order valence-electron chi connectivity index (χ3n) is 6.60. The molecule has 1 amide bonds. The quantitative estimate of drug-likeness (QED) is 0.566. The van der Waals surface area contributed by atoms with Crippen LogP contribution in [0, 0.1) is 0 Å². The van der Waals surface area contributed by atoms with Crippen molar-refractivity contribution < 1.29 is 13.9 Å². The van der Waals surface area contributed by atoms with Gasteiger partial charge in [-0.1, -0.05) is 49.6 Å². The molecule has 1 N–H and O–H groups in total. The van der Waals surface area contributed by atoms with Gasteiger partial charge in [0.15, 0.2) is 5.76 Å². The molecular weight excluding hydrogens is 402 g/mol. The fourth-order valence-corrected chi connectivity index (χ4v) is 4.78. The van der Waals surface area contributed by atoms with Gasteiger partial charge < -0.3 is 14.5 Å². The zero-order chi connectivity index (χ0) is 22.0. The molecule has 1 aromatic heterocycles. The Balaban J connectivity index is 1.28. The fourth-order valence-electron chi connectivity index (χ4n) is 4.78. The summed E-state index contributed by atoms with van der Waals surface area (Å²) in [5.74, 6) is 1.16. The fraction of sp³-hybridized carbons (Fsp3) is 0.577. The maximum Gasteiger partial charge on any atom is 0.286 e. The van der Waals surface area contributed by atoms with E-state index in [2.05, 4.69) is 45.4 Å². The highest BCUT2D eigenvalue weighted by Gasteiger charge is 2.23. The number of rotatable bonds is 10. The number of benzene rings is 1. The number of ether oxygens (including phenoxy) is 1. The molecule has 1 aliphatic carbocycles. The first-order valence-corrected chi connectivity index (χ1v) is 12.2. The molecule has 0 atom stereocenters. The van der Waals surface area contributed by atoms with Gasteiger partial charge in [-0.3, -0.25) is 14.6 Å². The molecule has 174 valence electrons. The summed E-state index contributed by atoms with van der Waals surface area (Å²) >= 11 is 0. The molecule has 2 heterocycles. The maximum atomic E-state index is 12.5. The van der Waals surface area contributed by atoms with Gasteiger partial charge in [0, 0.05) is 32.2 Å². The summed E-state index contributed by atoms with van der Waals surface area (Å²) in [7, 11) is 0. The third-order valence-corrected chi connectivity index (χ3v) is 6.60. The van der Waals surface area contributed by atoms with E-state index in [-0.39, 0.29) is 5.91 Å². The molecule has 6 heteroatoms. The van der Waals surface area contributed by atoms with E-state index in [4.69, 9.17) is 9.15 Å². The van der Waals surface area contributed by atoms with Crippen LogP contribution in [0.1, 0.15) is 60.4 Å². The van der Waals surface area contributed by atoms with E-state index in [0.29, 0.717) is 18.3 Å². The first-order chi connectivity index (χ1) is 15.8. The van der Waals surface area contributed by atoms with Gasteiger partial charge in [0.05, 0.1) is 19.8 Å². The summed E-state index contributed by atoms with van der Waals surface area (Å²) in [6.45, 7) is 6.88. The summed E-state index contributed by atoms with van der Waals surface area (Å²) in [5, 5.41) is 3.00. The average Bonchev–Trinajstić information content (AvgIpc) is 3.32. The van der Waals surface area contributed by atoms with Gasteiger partial charge in [0.1, 0.15) is 5.76 Å². The van der Waals surface area contributed by atoms with Crippen molar-refractivity contribution in [1.29, 1.82) is 0 Å². The van der Waals surface area contributed by atoms with Crippen molar-refractivity contribution in [3.8, 4) is 0 Å². The second-order valence-electron chi connectivity index (χ2n) is 9.01. The van der Waals surface area contributed by atoms with Gasteiger partial charge in [0.25, 0.3) is 5.91 Å². The highest BCUT2D eigenvalue weighted by molar-refractivity contribution is 5.91. The molecule has 0 spiro atoms. The van der Waals surface area contributed by atoms with Crippen molar-refractivity contribution in [3.05, 3.63) is 59.5 Å². The minimum absolute atomic E-state index is 0.120. The highest BCUT2D eigenvalue weighted by Crippen LogP contribution is 2.26. The first-order valence-electron chi connectivity index (χ1n) is 12.2. The Morgan fingerprint density at radius 2 is 1.78 bits per heavy atom. The summed E-state index contributed by atoms with van der Waals surface area (Å²) in [6, 6.07) is 15.0. The zero-order valence-corrected chi connectivity index (χ0v) is 19.1. The van der Waals surface area contributed by atoms with Crippen LogP contribution in [0.3, 0.4) is 0 Å². The predicted molar refractivity (Wildman–Crippen MR) is 125 cm³/mol. The van der Waals surface area contributed by atoms with Crippen LogP contribution in [-0.4, -0.2) is 61.1 Å². The lowest BCUT2D eigenvalue weighted by Crippen LogP contribution is -2.38. The van der Waals surface area contributed by atoms with E-state index in [1.54, 1.807) is 0 Å². The first kappa shape index (κ1) is 23.0. The number of morpholine rings is 1. The van der Waals surface area contributed by atoms with Gasteiger partial charge in [-0.2, -0.15) is 0 Å². The zero-order valence-electron chi connectivity index (χ0n) is 19.1. The van der Waals surface area contributed by atoms with E-state index in [1.807, 2.05) is 12.1 Å². The number of furan rings is 1. The van der Waals surface area contributed by atoms with Crippen molar-refractivity contribution in [2.45, 2.75) is 57.7 Å². The average molecular weight is 440 g/mol. The van der Waals surface area contributed by atoms with Crippen molar-refractivity contribution in [1.82, 2.24) is 15.1 Å². The van der Waals surface area contributed by atoms with Crippen LogP contribution in [0.5, 0.6) is 0 Å². The summed E-state index contributed by atoms with van der Waals surface area (Å²) < 4.78 is 11.3. The van der Waals surface area contributed by atoms with Crippen molar-refractivity contribution in [2.24, 2.45) is 0 Å². The normalized spacial score (nSPS) is 18.2. The molecule has 1 saturated carbocycles. The lowest BCUT2D eigenvalue weighted by molar-refractivity contribution is 0.0374. The van der Waals surface area contributed by atoms with Crippen LogP contribution >= 0.6 is 0 Å². The summed E-state index contributed by atoms with van der Waals surface area (Å²) in [4.78, 5) is 17.4. The third kappa shape index (κ3) is 6.92. The molecule has 2 aromatic rings. The standard InChI is InChI=1S/C26H37N3O3/c30-26(27-14-7-15-28-16-18-31-19-17-28)25-13-12-24(32-25)21-29(23-10-5-2-6-11-23)20-22-8-3-1-4-9-22/h1,3-4,8-9,12-13,23H,2,5-7,10-11,14-21H2,(H,27,30). The molecule has 32 heavy (non-hydrogen) atoms. The number of carbonyl (C=O) groups excluding carboxylic acids is 1. The molecule has 1 aromatic carbocycles. The predicted octanol–water partition coefficient (Wildman–Crippen LogP) is 4.07. The number of hydrogen-bond donors (Lipinski definition) is 1. The minimum Gasteiger partial charge on any atom is -0.455 e. The summed E-state index contributed by atoms with van der Waals surface area (Å²) in [6.07, 6.45) is 7.35. The van der Waals surface area contributed by atoms with E-state index < -0.39 is 0 Å². The second-order valence-corrected chi connectivity index (χ2v) is 9.01. The van der Waals surface area contributed by atoms with Crippen molar-refractivity contribution in [2.75, 3.05) is 39.4 Å². The summed E-state index contributed by atoms with van der Waals surface area (Å²) in [5.41, 5.74) is 1.32. The van der Waals surface area contributed by atoms with Crippen LogP contribution in [0.15, 0.2) is 46.9 Å². The van der Waals surface area contributed by atoms with Gasteiger partial charge in [-0.05, 0) is 43.5 Å². The Labute approximate surface area is 191 Å². The molecule has 1 aliphatic heterocycles. The SMILES string of the molecule is O=C(NCCCN1CCOCC1)c1ccc(CN(Cc2ccccc2)C2CCCCC2)o1. The van der Waals surface area contributed by atoms with Crippen LogP contribution in [-0.2, 0) is 17.8 Å². The van der Waals surface area contributed by atoms with Crippen LogP contribution in [0.4, 0.5) is 0 Å². The number of nitrogens with zero attached hydrogens (tertiary/aromatic N) is 2. The number of carbonyl (C=O) groups is 1. The smallest absolute Gasteiger partial charge is 0.286 e. The Kier molecular flexibility index (Phi) is 8.77. The number of amides is 1. The molecule has 0 radical (unpaired) electrons. The largest absolute Gasteiger partial charge is 0.455 e. The topological polar surface area (TPSA) is 58.0 Å². The van der Waals surface area contributed by atoms with Gasteiger partial charge in [0.2, 0.25) is 0 Å². The molecule has 0 bridgehead atoms. The monoisotopic (exact) mass is 439 g/mol. The molecule has 4 rings (SSSR count). The molecule has 6 nitrogen and oxygen atoms in total. The minimum atomic E-state index is -0.120. The van der Waals surface area contributed by atoms with Gasteiger partial charge in [-0.25, -0.2) is 0 Å². The Hall–Kier alpha value is -2.15. The Bertz CT molecular complexity index is 811. The number of nitrogens with one attached hydrogen (secondary N) is 1. The van der Waals surface area contributed by atoms with E-state index in [0.717, 1.165) is 58.1 Å². The molecular formula is C26H37N3O3. The Morgan fingerprint density at radius 1 is 1.00 bits per heavy atom. The van der Waals surface area contributed by atoms with Gasteiger partial charge in [-0.15, -0.1) is 0 Å². The lowest BCUT2D eigenvalue weighted by Gasteiger charge is -2.33. The second kappa shape index (κ2) is 12.2. The van der Waals surface area contributed by atoms with Crippen LogP contribution in [0.25, 0.3) is 0 Å². The molecule has 1 saturated heterocycles.